The van der Waals surface area contributed by atoms with Crippen LogP contribution >= 0.6 is 15.9 Å². The highest BCUT2D eigenvalue weighted by molar-refractivity contribution is 9.11. The molecule has 0 saturated carbocycles. The van der Waals surface area contributed by atoms with Gasteiger partial charge in [0.05, 0.1) is 11.4 Å². The number of hydrogen-bond acceptors (Lipinski definition) is 4. The SMILES string of the molecule is C=C(Br)CNS(=O)(=O)c1cccc2c1N=S=N2. The highest BCUT2D eigenvalue weighted by Crippen LogP contribution is 2.37. The summed E-state index contributed by atoms with van der Waals surface area (Å²) in [5.41, 5.74) is 0.973. The summed E-state index contributed by atoms with van der Waals surface area (Å²) < 4.78 is 35.0. The van der Waals surface area contributed by atoms with Crippen LogP contribution in [0.3, 0.4) is 0 Å². The first-order chi connectivity index (χ1) is 8.00. The Kier molecular flexibility index (Phi) is 3.57. The van der Waals surface area contributed by atoms with Gasteiger partial charge in [0.15, 0.2) is 0 Å². The average Bonchev–Trinajstić information content (AvgIpc) is 2.74. The standard InChI is InChI=1S/C9H8BrN3O2S2/c1-6(10)5-11-17(14,15)8-4-2-3-7-9(8)13-16-12-7/h2-4,11H,1,5H2. The Bertz CT molecular complexity index is 648. The summed E-state index contributed by atoms with van der Waals surface area (Å²) in [5.74, 6) is 0. The van der Waals surface area contributed by atoms with Gasteiger partial charge < -0.3 is 0 Å². The highest BCUT2D eigenvalue weighted by Gasteiger charge is 2.21. The Morgan fingerprint density at radius 2 is 2.24 bits per heavy atom. The third-order valence-corrected chi connectivity index (χ3v) is 4.25. The van der Waals surface area contributed by atoms with Crippen molar-refractivity contribution < 1.29 is 8.42 Å². The molecular formula is C9H8BrN3O2S2. The Hall–Kier alpha value is -0.830. The van der Waals surface area contributed by atoms with E-state index in [1.54, 1.807) is 12.1 Å². The average molecular weight is 334 g/mol. The van der Waals surface area contributed by atoms with Gasteiger partial charge in [-0.05, 0) is 12.1 Å². The van der Waals surface area contributed by atoms with Crippen LogP contribution in [0.4, 0.5) is 11.4 Å². The largest absolute Gasteiger partial charge is 0.243 e. The van der Waals surface area contributed by atoms with Gasteiger partial charge in [0, 0.05) is 11.0 Å². The predicted molar refractivity (Wildman–Crippen MR) is 71.2 cm³/mol. The number of hydrogen-bond donors (Lipinski definition) is 1. The van der Waals surface area contributed by atoms with Crippen LogP contribution in [0.5, 0.6) is 0 Å². The van der Waals surface area contributed by atoms with E-state index >= 15 is 0 Å². The van der Waals surface area contributed by atoms with Crippen LogP contribution in [-0.4, -0.2) is 15.0 Å². The lowest BCUT2D eigenvalue weighted by atomic mass is 10.3. The molecule has 1 aromatic rings. The Morgan fingerprint density at radius 1 is 1.47 bits per heavy atom. The molecule has 1 aliphatic heterocycles. The van der Waals surface area contributed by atoms with Crippen LogP contribution in [0, 0.1) is 0 Å². The first-order valence-electron chi connectivity index (χ1n) is 4.55. The molecule has 0 spiro atoms. The molecule has 1 N–H and O–H groups in total. The molecule has 8 heteroatoms. The van der Waals surface area contributed by atoms with Crippen LogP contribution in [0.15, 0.2) is 42.9 Å². The van der Waals surface area contributed by atoms with Crippen molar-refractivity contribution in [3.63, 3.8) is 0 Å². The number of sulfonamides is 1. The lowest BCUT2D eigenvalue weighted by Crippen LogP contribution is -2.24. The van der Waals surface area contributed by atoms with E-state index in [0.29, 0.717) is 15.9 Å². The van der Waals surface area contributed by atoms with Gasteiger partial charge >= 0.3 is 0 Å². The van der Waals surface area contributed by atoms with Crippen LogP contribution in [0.25, 0.3) is 0 Å². The molecule has 0 unspecified atom stereocenters. The van der Waals surface area contributed by atoms with Crippen LogP contribution in [0.1, 0.15) is 0 Å². The van der Waals surface area contributed by atoms with Crippen molar-refractivity contribution >= 4 is 48.7 Å². The molecule has 0 amide bonds. The van der Waals surface area contributed by atoms with Gasteiger partial charge in [0.1, 0.15) is 16.3 Å². The van der Waals surface area contributed by atoms with E-state index in [-0.39, 0.29) is 11.4 Å². The summed E-state index contributed by atoms with van der Waals surface area (Å²) in [7, 11) is -3.59. The molecule has 0 bridgehead atoms. The molecule has 0 saturated heterocycles. The number of halogens is 1. The molecule has 0 radical (unpaired) electrons. The molecule has 2 rings (SSSR count). The fourth-order valence-corrected chi connectivity index (χ4v) is 3.36. The maximum absolute atomic E-state index is 12.0. The van der Waals surface area contributed by atoms with Gasteiger partial charge in [-0.2, -0.15) is 8.73 Å². The molecule has 90 valence electrons. The summed E-state index contributed by atoms with van der Waals surface area (Å²) >= 11 is 4.08. The third kappa shape index (κ3) is 2.71. The quantitative estimate of drug-likeness (QED) is 0.934. The number of rotatable bonds is 4. The normalized spacial score (nSPS) is 13.2. The number of benzene rings is 1. The lowest BCUT2D eigenvalue weighted by molar-refractivity contribution is 0.586. The number of nitrogens with zero attached hydrogens (tertiary/aromatic N) is 2. The maximum atomic E-state index is 12.0. The van der Waals surface area contributed by atoms with Crippen molar-refractivity contribution in [3.05, 3.63) is 29.3 Å². The van der Waals surface area contributed by atoms with Crippen molar-refractivity contribution in [2.24, 2.45) is 8.73 Å². The molecule has 0 atom stereocenters. The summed E-state index contributed by atoms with van der Waals surface area (Å²) in [5, 5.41) is 0. The molecule has 1 aliphatic rings. The van der Waals surface area contributed by atoms with Gasteiger partial charge in [-0.3, -0.25) is 0 Å². The van der Waals surface area contributed by atoms with Gasteiger partial charge in [-0.1, -0.05) is 28.6 Å². The van der Waals surface area contributed by atoms with Gasteiger partial charge in [0.25, 0.3) is 0 Å². The summed E-state index contributed by atoms with van der Waals surface area (Å²) in [6, 6.07) is 4.87. The second-order valence-electron chi connectivity index (χ2n) is 3.23. The zero-order chi connectivity index (χ0) is 12.5. The van der Waals surface area contributed by atoms with Crippen LogP contribution in [-0.2, 0) is 21.4 Å². The molecule has 1 aromatic carbocycles. The van der Waals surface area contributed by atoms with Gasteiger partial charge in [0.2, 0.25) is 10.0 Å². The lowest BCUT2D eigenvalue weighted by Gasteiger charge is -2.07. The van der Waals surface area contributed by atoms with Crippen LogP contribution < -0.4 is 4.72 Å². The Labute approximate surface area is 111 Å². The predicted octanol–water partition coefficient (Wildman–Crippen LogP) is 2.60. The molecule has 1 heterocycles. The fourth-order valence-electron chi connectivity index (χ4n) is 1.25. The van der Waals surface area contributed by atoms with Crippen molar-refractivity contribution in [2.75, 3.05) is 6.54 Å². The second kappa shape index (κ2) is 4.81. The van der Waals surface area contributed by atoms with Crippen molar-refractivity contribution in [2.45, 2.75) is 4.90 Å². The molecule has 0 fully saturated rings. The smallest absolute Gasteiger partial charge is 0.207 e. The van der Waals surface area contributed by atoms with E-state index in [1.165, 1.54) is 6.07 Å². The maximum Gasteiger partial charge on any atom is 0.243 e. The van der Waals surface area contributed by atoms with Gasteiger partial charge in [-0.15, -0.1) is 0 Å². The molecular weight excluding hydrogens is 326 g/mol. The van der Waals surface area contributed by atoms with E-state index in [2.05, 4.69) is 36.0 Å². The Balaban J connectivity index is 2.38. The van der Waals surface area contributed by atoms with Gasteiger partial charge in [-0.25, -0.2) is 13.1 Å². The number of fused-ring (bicyclic) bond motifs is 1. The molecule has 17 heavy (non-hydrogen) atoms. The second-order valence-corrected chi connectivity index (χ2v) is 6.62. The topological polar surface area (TPSA) is 70.9 Å². The number of nitrogens with one attached hydrogen (secondary N) is 1. The summed E-state index contributed by atoms with van der Waals surface area (Å²) in [6.07, 6.45) is 0. The van der Waals surface area contributed by atoms with E-state index in [0.717, 1.165) is 11.4 Å². The van der Waals surface area contributed by atoms with E-state index < -0.39 is 10.0 Å². The zero-order valence-electron chi connectivity index (χ0n) is 8.55. The third-order valence-electron chi connectivity index (χ3n) is 1.99. The van der Waals surface area contributed by atoms with Crippen molar-refractivity contribution in [1.29, 1.82) is 0 Å². The fraction of sp³-hybridized carbons (Fsp3) is 0.111. The minimum Gasteiger partial charge on any atom is -0.207 e. The highest BCUT2D eigenvalue weighted by atomic mass is 79.9. The van der Waals surface area contributed by atoms with Crippen molar-refractivity contribution in [3.8, 4) is 0 Å². The molecule has 0 aliphatic carbocycles. The minimum absolute atomic E-state index is 0.135. The van der Waals surface area contributed by atoms with E-state index in [4.69, 9.17) is 0 Å². The first kappa shape index (κ1) is 12.6. The van der Waals surface area contributed by atoms with E-state index in [9.17, 15) is 8.42 Å². The zero-order valence-corrected chi connectivity index (χ0v) is 11.8. The minimum atomic E-state index is -3.59. The van der Waals surface area contributed by atoms with Crippen LogP contribution in [0.2, 0.25) is 0 Å². The van der Waals surface area contributed by atoms with Crippen molar-refractivity contribution in [1.82, 2.24) is 4.72 Å². The summed E-state index contributed by atoms with van der Waals surface area (Å²) in [4.78, 5) is 0.137. The molecule has 5 nitrogen and oxygen atoms in total. The Morgan fingerprint density at radius 3 is 2.94 bits per heavy atom. The first-order valence-corrected chi connectivity index (χ1v) is 7.55. The summed E-state index contributed by atoms with van der Waals surface area (Å²) in [6.45, 7) is 3.70. The molecule has 0 aromatic heterocycles. The monoisotopic (exact) mass is 333 g/mol. The van der Waals surface area contributed by atoms with E-state index in [1.807, 2.05) is 0 Å².